The quantitative estimate of drug-likeness (QED) is 0.773. The number of sulfone groups is 1. The highest BCUT2D eigenvalue weighted by Crippen LogP contribution is 2.30. The summed E-state index contributed by atoms with van der Waals surface area (Å²) in [5.74, 6) is -0.0837. The standard InChI is InChI=1S/C16H20N2O5S2/c1-24(19,20)18-6-5-17(14-10-25(21,22)11-15(14)18)9-12-2-3-16-13(8-12)4-7-23-16/h2-4,7-8,14-15H,5-6,9-11H2,1H3/t14-,15+/m0/s1. The molecule has 1 aromatic carbocycles. The summed E-state index contributed by atoms with van der Waals surface area (Å²) in [5, 5.41) is 1.00. The summed E-state index contributed by atoms with van der Waals surface area (Å²) in [4.78, 5) is 2.10. The molecule has 0 radical (unpaired) electrons. The van der Waals surface area contributed by atoms with Crippen LogP contribution in [0.3, 0.4) is 0 Å². The Hall–Kier alpha value is -1.42. The monoisotopic (exact) mass is 384 g/mol. The average molecular weight is 384 g/mol. The molecule has 0 amide bonds. The first-order valence-electron chi connectivity index (χ1n) is 8.10. The lowest BCUT2D eigenvalue weighted by atomic mass is 10.1. The summed E-state index contributed by atoms with van der Waals surface area (Å²) >= 11 is 0. The Morgan fingerprint density at radius 3 is 2.68 bits per heavy atom. The van der Waals surface area contributed by atoms with Gasteiger partial charge in [0.2, 0.25) is 10.0 Å². The maximum atomic E-state index is 12.1. The number of furan rings is 1. The molecule has 7 nitrogen and oxygen atoms in total. The third kappa shape index (κ3) is 3.21. The van der Waals surface area contributed by atoms with Crippen molar-refractivity contribution in [2.75, 3.05) is 30.9 Å². The highest BCUT2D eigenvalue weighted by molar-refractivity contribution is 7.92. The van der Waals surface area contributed by atoms with Crippen molar-refractivity contribution in [2.24, 2.45) is 0 Å². The van der Waals surface area contributed by atoms with Crippen LogP contribution in [0.2, 0.25) is 0 Å². The van der Waals surface area contributed by atoms with E-state index in [0.29, 0.717) is 19.6 Å². The highest BCUT2D eigenvalue weighted by atomic mass is 32.2. The van der Waals surface area contributed by atoms with Crippen LogP contribution in [0.4, 0.5) is 0 Å². The van der Waals surface area contributed by atoms with Crippen molar-refractivity contribution in [3.8, 4) is 0 Å². The van der Waals surface area contributed by atoms with Gasteiger partial charge in [0.05, 0.1) is 30.1 Å². The second-order valence-electron chi connectivity index (χ2n) is 6.85. The molecule has 3 heterocycles. The fraction of sp³-hybridized carbons (Fsp3) is 0.500. The first kappa shape index (κ1) is 17.0. The van der Waals surface area contributed by atoms with E-state index in [9.17, 15) is 16.8 Å². The van der Waals surface area contributed by atoms with E-state index < -0.39 is 25.9 Å². The number of nitrogens with zero attached hydrogens (tertiary/aromatic N) is 2. The van der Waals surface area contributed by atoms with Gasteiger partial charge >= 0.3 is 0 Å². The zero-order valence-corrected chi connectivity index (χ0v) is 15.5. The van der Waals surface area contributed by atoms with Gasteiger partial charge in [0.25, 0.3) is 0 Å². The molecule has 0 spiro atoms. The van der Waals surface area contributed by atoms with Gasteiger partial charge < -0.3 is 4.42 Å². The number of benzene rings is 1. The van der Waals surface area contributed by atoms with Crippen LogP contribution in [-0.4, -0.2) is 69.0 Å². The van der Waals surface area contributed by atoms with Crippen LogP contribution in [0, 0.1) is 0 Å². The van der Waals surface area contributed by atoms with Gasteiger partial charge in [0.15, 0.2) is 9.84 Å². The molecular weight excluding hydrogens is 364 g/mol. The molecule has 2 saturated heterocycles. The Kier molecular flexibility index (Phi) is 3.95. The normalized spacial score (nSPS) is 27.6. The number of fused-ring (bicyclic) bond motifs is 2. The third-order valence-corrected chi connectivity index (χ3v) is 8.07. The fourth-order valence-corrected chi connectivity index (χ4v) is 7.18. The number of hydrogen-bond donors (Lipinski definition) is 0. The van der Waals surface area contributed by atoms with Crippen molar-refractivity contribution in [1.29, 1.82) is 0 Å². The van der Waals surface area contributed by atoms with Crippen LogP contribution in [0.5, 0.6) is 0 Å². The van der Waals surface area contributed by atoms with Gasteiger partial charge in [-0.25, -0.2) is 16.8 Å². The zero-order chi connectivity index (χ0) is 17.8. The number of hydrogen-bond acceptors (Lipinski definition) is 6. The van der Waals surface area contributed by atoms with E-state index in [1.165, 1.54) is 4.31 Å². The van der Waals surface area contributed by atoms with Crippen molar-refractivity contribution < 1.29 is 21.3 Å². The van der Waals surface area contributed by atoms with Crippen LogP contribution in [-0.2, 0) is 26.4 Å². The van der Waals surface area contributed by atoms with Gasteiger partial charge in [0, 0.05) is 31.1 Å². The number of piperazine rings is 1. The van der Waals surface area contributed by atoms with Gasteiger partial charge in [-0.2, -0.15) is 4.31 Å². The molecule has 0 N–H and O–H groups in total. The molecular formula is C16H20N2O5S2. The molecule has 0 saturated carbocycles. The van der Waals surface area contributed by atoms with E-state index in [-0.39, 0.29) is 17.5 Å². The molecule has 2 fully saturated rings. The van der Waals surface area contributed by atoms with Gasteiger partial charge in [0.1, 0.15) is 5.58 Å². The van der Waals surface area contributed by atoms with Crippen molar-refractivity contribution in [1.82, 2.24) is 9.21 Å². The summed E-state index contributed by atoms with van der Waals surface area (Å²) in [5.41, 5.74) is 1.87. The Morgan fingerprint density at radius 1 is 1.16 bits per heavy atom. The largest absolute Gasteiger partial charge is 0.464 e. The SMILES string of the molecule is CS(=O)(=O)N1CCN(Cc2ccc3occc3c2)[C@H]2CS(=O)(=O)C[C@H]21. The Labute approximate surface area is 147 Å². The summed E-state index contributed by atoms with van der Waals surface area (Å²) in [6, 6.07) is 7.00. The van der Waals surface area contributed by atoms with Gasteiger partial charge in [-0.3, -0.25) is 4.90 Å². The van der Waals surface area contributed by atoms with Gasteiger partial charge in [-0.05, 0) is 23.8 Å². The van der Waals surface area contributed by atoms with Gasteiger partial charge in [-0.1, -0.05) is 6.07 Å². The molecule has 4 rings (SSSR count). The minimum atomic E-state index is -3.42. The second-order valence-corrected chi connectivity index (χ2v) is 10.9. The lowest BCUT2D eigenvalue weighted by Crippen LogP contribution is -2.59. The lowest BCUT2D eigenvalue weighted by molar-refractivity contribution is 0.0896. The molecule has 0 aliphatic carbocycles. The summed E-state index contributed by atoms with van der Waals surface area (Å²) in [6.45, 7) is 1.44. The predicted molar refractivity (Wildman–Crippen MR) is 94.4 cm³/mol. The van der Waals surface area contributed by atoms with Crippen LogP contribution >= 0.6 is 0 Å². The van der Waals surface area contributed by atoms with Crippen LogP contribution < -0.4 is 0 Å². The van der Waals surface area contributed by atoms with Gasteiger partial charge in [-0.15, -0.1) is 0 Å². The lowest BCUT2D eigenvalue weighted by Gasteiger charge is -2.42. The molecule has 0 unspecified atom stereocenters. The second kappa shape index (κ2) is 5.80. The topological polar surface area (TPSA) is 87.9 Å². The molecule has 0 bridgehead atoms. The average Bonchev–Trinajstić information content (AvgIpc) is 3.08. The Morgan fingerprint density at radius 2 is 1.92 bits per heavy atom. The molecule has 2 aliphatic rings. The number of sulfonamides is 1. The van der Waals surface area contributed by atoms with Crippen LogP contribution in [0.25, 0.3) is 11.0 Å². The van der Waals surface area contributed by atoms with Crippen LogP contribution in [0.1, 0.15) is 5.56 Å². The predicted octanol–water partition coefficient (Wildman–Crippen LogP) is 0.676. The van der Waals surface area contributed by atoms with Crippen LogP contribution in [0.15, 0.2) is 34.9 Å². The van der Waals surface area contributed by atoms with Crippen molar-refractivity contribution in [2.45, 2.75) is 18.6 Å². The number of rotatable bonds is 3. The van der Waals surface area contributed by atoms with E-state index in [2.05, 4.69) is 4.90 Å². The molecule has 136 valence electrons. The summed E-state index contributed by atoms with van der Waals surface area (Å²) in [6.07, 6.45) is 2.79. The van der Waals surface area contributed by atoms with E-state index >= 15 is 0 Å². The minimum Gasteiger partial charge on any atom is -0.464 e. The molecule has 2 atom stereocenters. The maximum absolute atomic E-state index is 12.1. The van der Waals surface area contributed by atoms with Crippen molar-refractivity contribution in [3.63, 3.8) is 0 Å². The van der Waals surface area contributed by atoms with E-state index in [0.717, 1.165) is 22.8 Å². The molecule has 1 aromatic heterocycles. The van der Waals surface area contributed by atoms with E-state index in [1.807, 2.05) is 24.3 Å². The fourth-order valence-electron chi connectivity index (χ4n) is 3.95. The van der Waals surface area contributed by atoms with Crippen molar-refractivity contribution >= 4 is 30.8 Å². The third-order valence-electron chi connectivity index (χ3n) is 5.07. The molecule has 9 heteroatoms. The minimum absolute atomic E-state index is 0.0115. The first-order valence-corrected chi connectivity index (χ1v) is 11.8. The van der Waals surface area contributed by atoms with E-state index in [4.69, 9.17) is 4.42 Å². The zero-order valence-electron chi connectivity index (χ0n) is 13.8. The summed E-state index contributed by atoms with van der Waals surface area (Å²) in [7, 11) is -6.65. The highest BCUT2D eigenvalue weighted by Gasteiger charge is 2.49. The first-order chi connectivity index (χ1) is 11.7. The maximum Gasteiger partial charge on any atom is 0.211 e. The molecule has 2 aromatic rings. The molecule has 25 heavy (non-hydrogen) atoms. The van der Waals surface area contributed by atoms with Crippen molar-refractivity contribution in [3.05, 3.63) is 36.1 Å². The molecule has 2 aliphatic heterocycles. The summed E-state index contributed by atoms with van der Waals surface area (Å²) < 4.78 is 55.0. The Balaban J connectivity index is 1.62. The smallest absolute Gasteiger partial charge is 0.211 e. The van der Waals surface area contributed by atoms with E-state index in [1.54, 1.807) is 6.26 Å². The Bertz CT molecular complexity index is 1010.